The molecule has 82 valence electrons. The molecule has 2 aromatic rings. The van der Waals surface area contributed by atoms with Crippen molar-refractivity contribution >= 4 is 11.4 Å². The Bertz CT molecular complexity index is 483. The smallest absolute Gasteiger partial charge is 0.146 e. The second kappa shape index (κ2) is 4.77. The molecule has 0 heterocycles. The molecular weight excluding hydrogens is 203 g/mol. The van der Waals surface area contributed by atoms with Crippen LogP contribution in [0.1, 0.15) is 5.56 Å². The molecule has 3 heteroatoms. The number of benzene rings is 2. The van der Waals surface area contributed by atoms with Crippen molar-refractivity contribution in [1.29, 1.82) is 0 Å². The van der Waals surface area contributed by atoms with Crippen LogP contribution in [0.2, 0.25) is 0 Å². The summed E-state index contributed by atoms with van der Waals surface area (Å²) in [5.74, 6) is -0.263. The van der Waals surface area contributed by atoms with E-state index < -0.39 is 0 Å². The average molecular weight is 216 g/mol. The molecule has 0 atom stereocenters. The number of hydrogen-bond donors (Lipinski definition) is 2. The maximum absolute atomic E-state index is 13.4. The summed E-state index contributed by atoms with van der Waals surface area (Å²) < 4.78 is 13.4. The van der Waals surface area contributed by atoms with Crippen LogP contribution in [0.5, 0.6) is 0 Å². The van der Waals surface area contributed by atoms with E-state index in [0.717, 1.165) is 11.3 Å². The predicted octanol–water partition coefficient (Wildman–Crippen LogP) is 3.03. The molecule has 0 aliphatic rings. The summed E-state index contributed by atoms with van der Waals surface area (Å²) >= 11 is 0. The van der Waals surface area contributed by atoms with Crippen LogP contribution in [0, 0.1) is 5.82 Å². The lowest BCUT2D eigenvalue weighted by Crippen LogP contribution is -1.98. The maximum Gasteiger partial charge on any atom is 0.146 e. The molecule has 16 heavy (non-hydrogen) atoms. The molecule has 0 saturated heterocycles. The normalized spacial score (nSPS) is 10.1. The summed E-state index contributed by atoms with van der Waals surface area (Å²) in [5.41, 5.74) is 7.87. The Morgan fingerprint density at radius 2 is 1.88 bits per heavy atom. The second-order valence-corrected chi connectivity index (χ2v) is 3.51. The Labute approximate surface area is 93.9 Å². The number of nitrogens with one attached hydrogen (secondary N) is 1. The fourth-order valence-corrected chi connectivity index (χ4v) is 1.49. The first-order valence-electron chi connectivity index (χ1n) is 5.10. The highest BCUT2D eigenvalue weighted by Gasteiger charge is 2.00. The molecule has 2 rings (SSSR count). The molecule has 0 amide bonds. The number of hydrogen-bond acceptors (Lipinski definition) is 2. The van der Waals surface area contributed by atoms with Gasteiger partial charge >= 0.3 is 0 Å². The van der Waals surface area contributed by atoms with Crippen molar-refractivity contribution in [1.82, 2.24) is 0 Å². The largest absolute Gasteiger partial charge is 0.353 e. The lowest BCUT2D eigenvalue weighted by molar-refractivity contribution is 0.632. The van der Waals surface area contributed by atoms with E-state index in [4.69, 9.17) is 5.73 Å². The minimum absolute atomic E-state index is 0.263. The minimum Gasteiger partial charge on any atom is -0.353 e. The van der Waals surface area contributed by atoms with Crippen LogP contribution >= 0.6 is 0 Å². The highest BCUT2D eigenvalue weighted by atomic mass is 19.1. The average Bonchev–Trinajstić information content (AvgIpc) is 2.32. The minimum atomic E-state index is -0.263. The Kier molecular flexibility index (Phi) is 3.17. The number of halogens is 1. The van der Waals surface area contributed by atoms with Crippen LogP contribution in [-0.2, 0) is 6.54 Å². The molecule has 0 radical (unpaired) electrons. The zero-order valence-corrected chi connectivity index (χ0v) is 8.78. The van der Waals surface area contributed by atoms with Gasteiger partial charge in [-0.2, -0.15) is 0 Å². The molecule has 0 spiro atoms. The van der Waals surface area contributed by atoms with Gasteiger partial charge in [0.05, 0.1) is 5.69 Å². The van der Waals surface area contributed by atoms with Crippen LogP contribution in [0.15, 0.2) is 48.5 Å². The predicted molar refractivity (Wildman–Crippen MR) is 64.0 cm³/mol. The Morgan fingerprint density at radius 1 is 1.06 bits per heavy atom. The SMILES string of the molecule is NCc1cccc(Nc2ccccc2F)c1. The zero-order chi connectivity index (χ0) is 11.4. The van der Waals surface area contributed by atoms with Crippen molar-refractivity contribution in [3.8, 4) is 0 Å². The first-order valence-corrected chi connectivity index (χ1v) is 5.10. The van der Waals surface area contributed by atoms with Crippen LogP contribution in [-0.4, -0.2) is 0 Å². The van der Waals surface area contributed by atoms with E-state index in [2.05, 4.69) is 5.32 Å². The fourth-order valence-electron chi connectivity index (χ4n) is 1.49. The number of rotatable bonds is 3. The third-order valence-corrected chi connectivity index (χ3v) is 2.32. The highest BCUT2D eigenvalue weighted by Crippen LogP contribution is 2.20. The van der Waals surface area contributed by atoms with Crippen molar-refractivity contribution in [2.75, 3.05) is 5.32 Å². The lowest BCUT2D eigenvalue weighted by Gasteiger charge is -2.08. The summed E-state index contributed by atoms with van der Waals surface area (Å²) in [5, 5.41) is 3.02. The van der Waals surface area contributed by atoms with Crippen LogP contribution < -0.4 is 11.1 Å². The fraction of sp³-hybridized carbons (Fsp3) is 0.0769. The quantitative estimate of drug-likeness (QED) is 0.827. The summed E-state index contributed by atoms with van der Waals surface area (Å²) in [4.78, 5) is 0. The molecule has 0 bridgehead atoms. The molecule has 0 unspecified atom stereocenters. The molecule has 0 aliphatic carbocycles. The molecule has 0 saturated carbocycles. The van der Waals surface area contributed by atoms with E-state index in [1.165, 1.54) is 6.07 Å². The third-order valence-electron chi connectivity index (χ3n) is 2.32. The molecule has 2 nitrogen and oxygen atoms in total. The summed E-state index contributed by atoms with van der Waals surface area (Å²) in [6.07, 6.45) is 0. The number of anilines is 2. The summed E-state index contributed by atoms with van der Waals surface area (Å²) in [6.45, 7) is 0.479. The van der Waals surface area contributed by atoms with E-state index in [9.17, 15) is 4.39 Å². The van der Waals surface area contributed by atoms with Gasteiger partial charge in [-0.05, 0) is 29.8 Å². The molecule has 0 aromatic heterocycles. The van der Waals surface area contributed by atoms with Gasteiger partial charge in [0, 0.05) is 12.2 Å². The lowest BCUT2D eigenvalue weighted by atomic mass is 10.2. The van der Waals surface area contributed by atoms with Gasteiger partial charge in [-0.3, -0.25) is 0 Å². The Balaban J connectivity index is 2.24. The summed E-state index contributed by atoms with van der Waals surface area (Å²) in [7, 11) is 0. The van der Waals surface area contributed by atoms with Gasteiger partial charge in [0.2, 0.25) is 0 Å². The molecule has 2 aromatic carbocycles. The maximum atomic E-state index is 13.4. The number of para-hydroxylation sites is 1. The molecular formula is C13H13FN2. The van der Waals surface area contributed by atoms with Crippen molar-refractivity contribution in [3.63, 3.8) is 0 Å². The van der Waals surface area contributed by atoms with Gasteiger partial charge in [-0.15, -0.1) is 0 Å². The van der Waals surface area contributed by atoms with Gasteiger partial charge in [0.1, 0.15) is 5.82 Å². The van der Waals surface area contributed by atoms with Crippen molar-refractivity contribution < 1.29 is 4.39 Å². The van der Waals surface area contributed by atoms with Crippen molar-refractivity contribution in [3.05, 3.63) is 59.9 Å². The second-order valence-electron chi connectivity index (χ2n) is 3.51. The van der Waals surface area contributed by atoms with E-state index in [0.29, 0.717) is 12.2 Å². The Morgan fingerprint density at radius 3 is 2.62 bits per heavy atom. The van der Waals surface area contributed by atoms with E-state index >= 15 is 0 Å². The third kappa shape index (κ3) is 2.38. The van der Waals surface area contributed by atoms with Gasteiger partial charge in [0.15, 0.2) is 0 Å². The first kappa shape index (κ1) is 10.6. The zero-order valence-electron chi connectivity index (χ0n) is 8.78. The van der Waals surface area contributed by atoms with Crippen molar-refractivity contribution in [2.24, 2.45) is 5.73 Å². The summed E-state index contributed by atoms with van der Waals surface area (Å²) in [6, 6.07) is 14.2. The molecule has 3 N–H and O–H groups in total. The van der Waals surface area contributed by atoms with E-state index in [1.54, 1.807) is 18.2 Å². The van der Waals surface area contributed by atoms with Crippen LogP contribution in [0.25, 0.3) is 0 Å². The molecule has 0 aliphatic heterocycles. The van der Waals surface area contributed by atoms with E-state index in [1.807, 2.05) is 24.3 Å². The monoisotopic (exact) mass is 216 g/mol. The topological polar surface area (TPSA) is 38.0 Å². The Hall–Kier alpha value is -1.87. The van der Waals surface area contributed by atoms with Gasteiger partial charge < -0.3 is 11.1 Å². The van der Waals surface area contributed by atoms with Crippen LogP contribution in [0.3, 0.4) is 0 Å². The van der Waals surface area contributed by atoms with Gasteiger partial charge in [-0.25, -0.2) is 4.39 Å². The highest BCUT2D eigenvalue weighted by molar-refractivity contribution is 5.60. The first-order chi connectivity index (χ1) is 7.79. The van der Waals surface area contributed by atoms with Crippen molar-refractivity contribution in [2.45, 2.75) is 6.54 Å². The van der Waals surface area contributed by atoms with Gasteiger partial charge in [-0.1, -0.05) is 24.3 Å². The molecule has 0 fully saturated rings. The standard InChI is InChI=1S/C13H13FN2/c14-12-6-1-2-7-13(12)16-11-5-3-4-10(8-11)9-15/h1-8,16H,9,15H2. The van der Waals surface area contributed by atoms with E-state index in [-0.39, 0.29) is 5.82 Å². The number of nitrogens with two attached hydrogens (primary N) is 1. The van der Waals surface area contributed by atoms with Gasteiger partial charge in [0.25, 0.3) is 0 Å². The van der Waals surface area contributed by atoms with Crippen LogP contribution in [0.4, 0.5) is 15.8 Å².